The van der Waals surface area contributed by atoms with Crippen molar-refractivity contribution in [3.63, 3.8) is 0 Å². The van der Waals surface area contributed by atoms with Crippen molar-refractivity contribution < 1.29 is 0 Å². The van der Waals surface area contributed by atoms with Crippen LogP contribution in [0.1, 0.15) is 36.2 Å². The highest BCUT2D eigenvalue weighted by atomic mass is 15.1. The van der Waals surface area contributed by atoms with Crippen molar-refractivity contribution in [2.45, 2.75) is 32.7 Å². The van der Waals surface area contributed by atoms with Gasteiger partial charge in [-0.05, 0) is 64.0 Å². The molecular weight excluding hydrogens is 236 g/mol. The molecule has 0 radical (unpaired) electrons. The molecule has 19 heavy (non-hydrogen) atoms. The highest BCUT2D eigenvalue weighted by molar-refractivity contribution is 5.33. The second-order valence-corrected chi connectivity index (χ2v) is 5.39. The molecule has 0 amide bonds. The van der Waals surface area contributed by atoms with Crippen molar-refractivity contribution in [2.24, 2.45) is 7.05 Å². The first-order valence-corrected chi connectivity index (χ1v) is 7.20. The van der Waals surface area contributed by atoms with Crippen LogP contribution in [-0.4, -0.2) is 35.6 Å². The van der Waals surface area contributed by atoms with Gasteiger partial charge in [0.2, 0.25) is 0 Å². The van der Waals surface area contributed by atoms with E-state index in [2.05, 4.69) is 23.2 Å². The van der Waals surface area contributed by atoms with Crippen molar-refractivity contribution in [1.29, 1.82) is 5.26 Å². The van der Waals surface area contributed by atoms with Crippen LogP contribution in [0.3, 0.4) is 0 Å². The fourth-order valence-corrected chi connectivity index (χ4v) is 2.71. The molecule has 2 heterocycles. The molecule has 0 aliphatic carbocycles. The third-order valence-electron chi connectivity index (χ3n) is 4.10. The van der Waals surface area contributed by atoms with Crippen LogP contribution >= 0.6 is 0 Å². The Morgan fingerprint density at radius 2 is 2.11 bits per heavy atom. The maximum atomic E-state index is 8.99. The van der Waals surface area contributed by atoms with Crippen molar-refractivity contribution in [2.75, 3.05) is 26.2 Å². The molecule has 1 aromatic rings. The standard InChI is InChI=1S/C15H24N4/c1-13-14(10-15(11-16)18(13)2)12-17-6-5-9-19-7-3-4-8-19/h10,17H,3-9,12H2,1-2H3. The minimum atomic E-state index is 0.742. The van der Waals surface area contributed by atoms with Crippen LogP contribution in [0.5, 0.6) is 0 Å². The van der Waals surface area contributed by atoms with Crippen LogP contribution in [-0.2, 0) is 13.6 Å². The van der Waals surface area contributed by atoms with Crippen LogP contribution < -0.4 is 5.32 Å². The molecule has 1 aromatic heterocycles. The Hall–Kier alpha value is -1.31. The number of hydrogen-bond donors (Lipinski definition) is 1. The van der Waals surface area contributed by atoms with Crippen LogP contribution in [0.25, 0.3) is 0 Å². The Balaban J connectivity index is 1.69. The van der Waals surface area contributed by atoms with Gasteiger partial charge in [0, 0.05) is 19.3 Å². The Kier molecular flexibility index (Phi) is 5.00. The SMILES string of the molecule is Cc1c(CNCCCN2CCCC2)cc(C#N)n1C. The van der Waals surface area contributed by atoms with Crippen LogP contribution in [0.4, 0.5) is 0 Å². The maximum absolute atomic E-state index is 8.99. The van der Waals surface area contributed by atoms with Gasteiger partial charge in [0.15, 0.2) is 0 Å². The minimum Gasteiger partial charge on any atom is -0.340 e. The lowest BCUT2D eigenvalue weighted by Gasteiger charge is -2.14. The zero-order valence-corrected chi connectivity index (χ0v) is 12.1. The molecule has 104 valence electrons. The third-order valence-corrected chi connectivity index (χ3v) is 4.10. The summed E-state index contributed by atoms with van der Waals surface area (Å²) in [7, 11) is 1.95. The van der Waals surface area contributed by atoms with Gasteiger partial charge < -0.3 is 14.8 Å². The highest BCUT2D eigenvalue weighted by Gasteiger charge is 2.10. The number of nitriles is 1. The van der Waals surface area contributed by atoms with Gasteiger partial charge in [-0.15, -0.1) is 0 Å². The smallest absolute Gasteiger partial charge is 0.120 e. The van der Waals surface area contributed by atoms with Gasteiger partial charge in [-0.2, -0.15) is 5.26 Å². The van der Waals surface area contributed by atoms with Crippen molar-refractivity contribution in [3.05, 3.63) is 23.0 Å². The van der Waals surface area contributed by atoms with Gasteiger partial charge in [-0.25, -0.2) is 0 Å². The summed E-state index contributed by atoms with van der Waals surface area (Å²) in [6, 6.07) is 4.21. The first kappa shape index (κ1) is 14.1. The maximum Gasteiger partial charge on any atom is 0.120 e. The quantitative estimate of drug-likeness (QED) is 0.793. The largest absolute Gasteiger partial charge is 0.340 e. The van der Waals surface area contributed by atoms with E-state index in [1.807, 2.05) is 17.7 Å². The molecule has 0 atom stereocenters. The van der Waals surface area contributed by atoms with E-state index < -0.39 is 0 Å². The summed E-state index contributed by atoms with van der Waals surface area (Å²) in [4.78, 5) is 2.54. The lowest BCUT2D eigenvalue weighted by Crippen LogP contribution is -2.24. The predicted molar refractivity (Wildman–Crippen MR) is 76.9 cm³/mol. The summed E-state index contributed by atoms with van der Waals surface area (Å²) in [5, 5.41) is 12.5. The number of nitrogens with zero attached hydrogens (tertiary/aromatic N) is 3. The molecule has 4 heteroatoms. The van der Waals surface area contributed by atoms with E-state index in [-0.39, 0.29) is 0 Å². The second kappa shape index (κ2) is 6.74. The topological polar surface area (TPSA) is 44.0 Å². The summed E-state index contributed by atoms with van der Waals surface area (Å²) in [5.74, 6) is 0. The highest BCUT2D eigenvalue weighted by Crippen LogP contribution is 2.13. The van der Waals surface area contributed by atoms with E-state index in [0.717, 1.165) is 18.8 Å². The molecule has 0 saturated carbocycles. The van der Waals surface area contributed by atoms with E-state index in [0.29, 0.717) is 0 Å². The molecule has 0 bridgehead atoms. The lowest BCUT2D eigenvalue weighted by molar-refractivity contribution is 0.331. The predicted octanol–water partition coefficient (Wildman–Crippen LogP) is 1.78. The van der Waals surface area contributed by atoms with E-state index in [4.69, 9.17) is 5.26 Å². The molecule has 1 aliphatic rings. The number of rotatable bonds is 6. The number of hydrogen-bond acceptors (Lipinski definition) is 3. The van der Waals surface area contributed by atoms with Crippen molar-refractivity contribution >= 4 is 0 Å². The van der Waals surface area contributed by atoms with Gasteiger partial charge in [0.25, 0.3) is 0 Å². The van der Waals surface area contributed by atoms with E-state index in [9.17, 15) is 0 Å². The number of aromatic nitrogens is 1. The summed E-state index contributed by atoms with van der Waals surface area (Å²) < 4.78 is 1.96. The summed E-state index contributed by atoms with van der Waals surface area (Å²) >= 11 is 0. The first-order valence-electron chi connectivity index (χ1n) is 7.20. The molecule has 1 fully saturated rings. The normalized spacial score (nSPS) is 15.8. The fourth-order valence-electron chi connectivity index (χ4n) is 2.71. The Bertz CT molecular complexity index is 449. The average Bonchev–Trinajstić information content (AvgIpc) is 3.01. The number of likely N-dealkylation sites (tertiary alicyclic amines) is 1. The van der Waals surface area contributed by atoms with Crippen molar-refractivity contribution in [3.8, 4) is 6.07 Å². The van der Waals surface area contributed by atoms with Crippen LogP contribution in [0.2, 0.25) is 0 Å². The van der Waals surface area contributed by atoms with E-state index >= 15 is 0 Å². The molecular formula is C15H24N4. The molecule has 0 aromatic carbocycles. The average molecular weight is 260 g/mol. The van der Waals surface area contributed by atoms with E-state index in [1.165, 1.54) is 50.2 Å². The molecule has 4 nitrogen and oxygen atoms in total. The summed E-state index contributed by atoms with van der Waals surface area (Å²) in [6.07, 6.45) is 3.94. The van der Waals surface area contributed by atoms with Gasteiger partial charge in [0.05, 0.1) is 0 Å². The summed E-state index contributed by atoms with van der Waals surface area (Å²) in [5.41, 5.74) is 3.16. The zero-order chi connectivity index (χ0) is 13.7. The Morgan fingerprint density at radius 3 is 2.74 bits per heavy atom. The van der Waals surface area contributed by atoms with Gasteiger partial charge in [-0.3, -0.25) is 0 Å². The zero-order valence-electron chi connectivity index (χ0n) is 12.1. The van der Waals surface area contributed by atoms with Gasteiger partial charge in [0.1, 0.15) is 11.8 Å². The van der Waals surface area contributed by atoms with Crippen molar-refractivity contribution in [1.82, 2.24) is 14.8 Å². The van der Waals surface area contributed by atoms with Crippen LogP contribution in [0, 0.1) is 18.3 Å². The second-order valence-electron chi connectivity index (χ2n) is 5.39. The van der Waals surface area contributed by atoms with Gasteiger partial charge >= 0.3 is 0 Å². The van der Waals surface area contributed by atoms with Gasteiger partial charge in [-0.1, -0.05) is 0 Å². The monoisotopic (exact) mass is 260 g/mol. The molecule has 2 rings (SSSR count). The fraction of sp³-hybridized carbons (Fsp3) is 0.667. The van der Waals surface area contributed by atoms with E-state index in [1.54, 1.807) is 0 Å². The van der Waals surface area contributed by atoms with Crippen LogP contribution in [0.15, 0.2) is 6.07 Å². The minimum absolute atomic E-state index is 0.742. The summed E-state index contributed by atoms with van der Waals surface area (Å²) in [6.45, 7) is 7.76. The first-order chi connectivity index (χ1) is 9.22. The number of nitrogens with one attached hydrogen (secondary N) is 1. The lowest BCUT2D eigenvalue weighted by atomic mass is 10.2. The molecule has 0 spiro atoms. The third kappa shape index (κ3) is 3.59. The molecule has 0 unspecified atom stereocenters. The molecule has 1 N–H and O–H groups in total. The molecule has 1 aliphatic heterocycles. The Labute approximate surface area is 116 Å². The molecule has 1 saturated heterocycles. The Morgan fingerprint density at radius 1 is 1.37 bits per heavy atom.